The first kappa shape index (κ1) is 16.8. The topological polar surface area (TPSA) is 0 Å². The summed E-state index contributed by atoms with van der Waals surface area (Å²) in [6, 6.07) is 6.90. The fraction of sp³-hybridized carbons (Fsp3) is 0.500. The Morgan fingerprint density at radius 3 is 2.77 bits per heavy atom. The molecule has 1 atom stereocenters. The van der Waals surface area contributed by atoms with Gasteiger partial charge in [0.1, 0.15) is 0 Å². The predicted molar refractivity (Wildman–Crippen MR) is 109 cm³/mol. The number of unbranched alkanes of at least 4 members (excludes halogenated alkanes) is 3. The van der Waals surface area contributed by atoms with E-state index >= 15 is 0 Å². The van der Waals surface area contributed by atoms with E-state index in [0.717, 1.165) is 0 Å². The highest BCUT2D eigenvalue weighted by atomic mass is 127. The molecule has 0 heterocycles. The molecule has 1 aromatic carbocycles. The van der Waals surface area contributed by atoms with Crippen LogP contribution in [0.2, 0.25) is 0 Å². The highest BCUT2D eigenvalue weighted by molar-refractivity contribution is 14.1. The SMILES string of the molecule is CCCCCCC1(C)C2=C(CCC(I)=C2)c2ccc(Br)cc21. The van der Waals surface area contributed by atoms with Gasteiger partial charge in [-0.25, -0.2) is 0 Å². The molecule has 0 aliphatic heterocycles. The van der Waals surface area contributed by atoms with Crippen molar-refractivity contribution in [3.63, 3.8) is 0 Å². The first-order chi connectivity index (χ1) is 10.6. The Hall–Kier alpha value is -0.0900. The van der Waals surface area contributed by atoms with Crippen LogP contribution in [0.4, 0.5) is 0 Å². The third-order valence-electron chi connectivity index (χ3n) is 5.27. The molecule has 0 N–H and O–H groups in total. The fourth-order valence-electron chi connectivity index (χ4n) is 4.02. The van der Waals surface area contributed by atoms with Gasteiger partial charge in [-0.1, -0.05) is 61.5 Å². The summed E-state index contributed by atoms with van der Waals surface area (Å²) < 4.78 is 2.73. The summed E-state index contributed by atoms with van der Waals surface area (Å²) in [6.07, 6.45) is 11.5. The van der Waals surface area contributed by atoms with Crippen molar-refractivity contribution in [1.82, 2.24) is 0 Å². The zero-order valence-corrected chi connectivity index (χ0v) is 17.3. The van der Waals surface area contributed by atoms with Crippen LogP contribution >= 0.6 is 38.5 Å². The number of hydrogen-bond acceptors (Lipinski definition) is 0. The van der Waals surface area contributed by atoms with E-state index in [1.807, 2.05) is 0 Å². The second-order valence-electron chi connectivity index (χ2n) is 6.82. The molecule has 2 aliphatic rings. The van der Waals surface area contributed by atoms with E-state index in [1.54, 1.807) is 16.7 Å². The molecule has 0 saturated carbocycles. The fourth-order valence-corrected chi connectivity index (χ4v) is 4.97. The molecule has 0 bridgehead atoms. The first-order valence-electron chi connectivity index (χ1n) is 8.46. The Kier molecular flexibility index (Phi) is 5.18. The molecule has 2 aliphatic carbocycles. The summed E-state index contributed by atoms with van der Waals surface area (Å²) in [4.78, 5) is 0. The zero-order chi connectivity index (χ0) is 15.7. The van der Waals surface area contributed by atoms with E-state index in [-0.39, 0.29) is 5.41 Å². The second-order valence-corrected chi connectivity index (χ2v) is 9.12. The molecule has 2 heteroatoms. The molecule has 0 saturated heterocycles. The van der Waals surface area contributed by atoms with Gasteiger partial charge in [-0.05, 0) is 85.9 Å². The third-order valence-corrected chi connectivity index (χ3v) is 6.61. The Morgan fingerprint density at radius 1 is 1.18 bits per heavy atom. The van der Waals surface area contributed by atoms with Crippen LogP contribution in [0.25, 0.3) is 5.57 Å². The molecule has 0 radical (unpaired) electrons. The Morgan fingerprint density at radius 2 is 2.00 bits per heavy atom. The van der Waals surface area contributed by atoms with Crippen molar-refractivity contribution < 1.29 is 0 Å². The normalized spacial score (nSPS) is 23.4. The molecular formula is C20H24BrI. The summed E-state index contributed by atoms with van der Waals surface area (Å²) in [5.74, 6) is 0. The van der Waals surface area contributed by atoms with Crippen molar-refractivity contribution in [2.24, 2.45) is 0 Å². The van der Waals surface area contributed by atoms with Crippen LogP contribution in [0.5, 0.6) is 0 Å². The molecule has 0 fully saturated rings. The Bertz CT molecular complexity index is 641. The number of benzene rings is 1. The minimum absolute atomic E-state index is 0.207. The van der Waals surface area contributed by atoms with Crippen LogP contribution in [0.15, 0.2) is 37.9 Å². The van der Waals surface area contributed by atoms with E-state index in [2.05, 4.69) is 76.6 Å². The average molecular weight is 471 g/mol. The van der Waals surface area contributed by atoms with E-state index in [0.29, 0.717) is 0 Å². The average Bonchev–Trinajstić information content (AvgIpc) is 2.73. The second kappa shape index (κ2) is 6.80. The standard InChI is InChI=1S/C20H24BrI/c1-3-4-5-6-11-20(2)18-12-14(21)7-9-16(18)17-10-8-15(22)13-19(17)20/h7,9,12-13H,3-6,8,10-11H2,1-2H3. The molecular weight excluding hydrogens is 447 g/mol. The van der Waals surface area contributed by atoms with Crippen LogP contribution in [0.3, 0.4) is 0 Å². The molecule has 0 amide bonds. The molecule has 0 spiro atoms. The van der Waals surface area contributed by atoms with Crippen LogP contribution in [-0.2, 0) is 5.41 Å². The minimum Gasteiger partial charge on any atom is -0.0654 e. The smallest absolute Gasteiger partial charge is 0.0184 e. The molecule has 0 aromatic heterocycles. The van der Waals surface area contributed by atoms with E-state index in [1.165, 1.54) is 58.6 Å². The van der Waals surface area contributed by atoms with Gasteiger partial charge in [-0.2, -0.15) is 0 Å². The lowest BCUT2D eigenvalue weighted by molar-refractivity contribution is 0.483. The van der Waals surface area contributed by atoms with Crippen LogP contribution < -0.4 is 0 Å². The van der Waals surface area contributed by atoms with Gasteiger partial charge in [-0.3, -0.25) is 0 Å². The predicted octanol–water partition coefficient (Wildman–Crippen LogP) is 7.56. The lowest BCUT2D eigenvalue weighted by Gasteiger charge is -2.30. The maximum Gasteiger partial charge on any atom is 0.0184 e. The van der Waals surface area contributed by atoms with E-state index in [4.69, 9.17) is 0 Å². The molecule has 1 aromatic rings. The van der Waals surface area contributed by atoms with Gasteiger partial charge >= 0.3 is 0 Å². The minimum atomic E-state index is 0.207. The molecule has 3 rings (SSSR count). The zero-order valence-electron chi connectivity index (χ0n) is 13.5. The maximum absolute atomic E-state index is 3.69. The number of fused-ring (bicyclic) bond motifs is 2. The van der Waals surface area contributed by atoms with Gasteiger partial charge in [0, 0.05) is 9.89 Å². The highest BCUT2D eigenvalue weighted by Crippen LogP contribution is 2.54. The number of hydrogen-bond donors (Lipinski definition) is 0. The van der Waals surface area contributed by atoms with Gasteiger partial charge in [0.15, 0.2) is 0 Å². The number of rotatable bonds is 5. The van der Waals surface area contributed by atoms with Gasteiger partial charge in [0.2, 0.25) is 0 Å². The summed E-state index contributed by atoms with van der Waals surface area (Å²) in [5.41, 5.74) is 6.48. The summed E-state index contributed by atoms with van der Waals surface area (Å²) >= 11 is 6.21. The monoisotopic (exact) mass is 470 g/mol. The lowest BCUT2D eigenvalue weighted by atomic mass is 9.74. The molecule has 22 heavy (non-hydrogen) atoms. The Balaban J connectivity index is 1.99. The summed E-state index contributed by atoms with van der Waals surface area (Å²) in [7, 11) is 0. The van der Waals surface area contributed by atoms with Gasteiger partial charge in [-0.15, -0.1) is 0 Å². The van der Waals surface area contributed by atoms with E-state index in [9.17, 15) is 0 Å². The summed E-state index contributed by atoms with van der Waals surface area (Å²) in [5, 5.41) is 0. The maximum atomic E-state index is 3.69. The van der Waals surface area contributed by atoms with E-state index < -0.39 is 0 Å². The van der Waals surface area contributed by atoms with Gasteiger partial charge < -0.3 is 0 Å². The summed E-state index contributed by atoms with van der Waals surface area (Å²) in [6.45, 7) is 4.76. The van der Waals surface area contributed by atoms with Gasteiger partial charge in [0.05, 0.1) is 0 Å². The van der Waals surface area contributed by atoms with Crippen molar-refractivity contribution in [2.75, 3.05) is 0 Å². The highest BCUT2D eigenvalue weighted by Gasteiger charge is 2.40. The van der Waals surface area contributed by atoms with Crippen LogP contribution in [0, 0.1) is 0 Å². The third kappa shape index (κ3) is 2.98. The first-order valence-corrected chi connectivity index (χ1v) is 10.3. The number of halogens is 2. The van der Waals surface area contributed by atoms with Gasteiger partial charge in [0.25, 0.3) is 0 Å². The van der Waals surface area contributed by atoms with Crippen LogP contribution in [-0.4, -0.2) is 0 Å². The molecule has 0 nitrogen and oxygen atoms in total. The van der Waals surface area contributed by atoms with Crippen molar-refractivity contribution in [3.05, 3.63) is 49.0 Å². The molecule has 118 valence electrons. The van der Waals surface area contributed by atoms with Crippen LogP contribution in [0.1, 0.15) is 69.9 Å². The van der Waals surface area contributed by atoms with Crippen molar-refractivity contribution in [2.45, 2.75) is 64.2 Å². The van der Waals surface area contributed by atoms with Crippen molar-refractivity contribution in [3.8, 4) is 0 Å². The Labute approximate surface area is 156 Å². The largest absolute Gasteiger partial charge is 0.0654 e. The molecule has 1 unspecified atom stereocenters. The quantitative estimate of drug-likeness (QED) is 0.307. The van der Waals surface area contributed by atoms with Crippen molar-refractivity contribution in [1.29, 1.82) is 0 Å². The lowest BCUT2D eigenvalue weighted by Crippen LogP contribution is -2.22. The number of allylic oxidation sites excluding steroid dienone is 4. The van der Waals surface area contributed by atoms with Crippen molar-refractivity contribution >= 4 is 44.1 Å².